The molecule has 3 nitrogen and oxygen atoms in total. The van der Waals surface area contributed by atoms with Gasteiger partial charge in [0.15, 0.2) is 0 Å². The fourth-order valence-corrected chi connectivity index (χ4v) is 2.37. The summed E-state index contributed by atoms with van der Waals surface area (Å²) in [6.07, 6.45) is 1.36. The Morgan fingerprint density at radius 2 is 1.89 bits per heavy atom. The van der Waals surface area contributed by atoms with Gasteiger partial charge in [0, 0.05) is 39.1 Å². The highest BCUT2D eigenvalue weighted by Gasteiger charge is 2.30. The number of halogens is 1. The van der Waals surface area contributed by atoms with E-state index in [1.165, 1.54) is 12.1 Å². The van der Waals surface area contributed by atoms with Crippen LogP contribution < -0.4 is 0 Å². The molecule has 0 bridgehead atoms. The molecule has 1 heterocycles. The molecule has 1 aromatic rings. The van der Waals surface area contributed by atoms with Crippen molar-refractivity contribution in [2.75, 3.05) is 26.8 Å². The Hall–Kier alpha value is -0.970. The van der Waals surface area contributed by atoms with Crippen molar-refractivity contribution in [3.8, 4) is 0 Å². The lowest BCUT2D eigenvalue weighted by Gasteiger charge is -2.35. The third-order valence-electron chi connectivity index (χ3n) is 3.35. The van der Waals surface area contributed by atoms with Gasteiger partial charge in [-0.05, 0) is 24.7 Å². The van der Waals surface area contributed by atoms with Crippen molar-refractivity contribution in [3.63, 3.8) is 0 Å². The van der Waals surface area contributed by atoms with Crippen LogP contribution in [0.25, 0.3) is 0 Å². The molecule has 1 aliphatic rings. The molecule has 1 fully saturated rings. The van der Waals surface area contributed by atoms with Crippen molar-refractivity contribution in [1.29, 1.82) is 0 Å². The van der Waals surface area contributed by atoms with E-state index in [2.05, 4.69) is 4.90 Å². The van der Waals surface area contributed by atoms with Crippen LogP contribution >= 0.6 is 0 Å². The minimum Gasteiger partial charge on any atom is -0.388 e. The predicted octanol–water partition coefficient (Wildman–Crippen LogP) is 1.80. The smallest absolute Gasteiger partial charge is 0.123 e. The number of rotatable bonds is 4. The van der Waals surface area contributed by atoms with Gasteiger partial charge in [-0.1, -0.05) is 12.1 Å². The minimum atomic E-state index is -0.646. The van der Waals surface area contributed by atoms with Gasteiger partial charge in [-0.15, -0.1) is 0 Å². The number of benzene rings is 1. The summed E-state index contributed by atoms with van der Waals surface area (Å²) in [4.78, 5) is 2.07. The molecule has 1 saturated heterocycles. The van der Waals surface area contributed by atoms with Crippen LogP contribution in [-0.2, 0) is 11.3 Å². The quantitative estimate of drug-likeness (QED) is 0.888. The van der Waals surface area contributed by atoms with Crippen LogP contribution in [0.15, 0.2) is 24.3 Å². The van der Waals surface area contributed by atoms with Gasteiger partial charge in [0.2, 0.25) is 0 Å². The number of hydrogen-bond acceptors (Lipinski definition) is 3. The van der Waals surface area contributed by atoms with Crippen LogP contribution in [0.4, 0.5) is 4.39 Å². The summed E-state index contributed by atoms with van der Waals surface area (Å²) in [6.45, 7) is 2.58. The molecule has 0 atom stereocenters. The molecule has 100 valence electrons. The first-order valence-electron chi connectivity index (χ1n) is 6.31. The van der Waals surface area contributed by atoms with Crippen molar-refractivity contribution >= 4 is 0 Å². The monoisotopic (exact) mass is 253 g/mol. The molecule has 0 saturated carbocycles. The first kappa shape index (κ1) is 13.5. The third kappa shape index (κ3) is 3.77. The first-order chi connectivity index (χ1) is 8.57. The summed E-state index contributed by atoms with van der Waals surface area (Å²) in [5, 5.41) is 10.4. The van der Waals surface area contributed by atoms with E-state index in [4.69, 9.17) is 4.74 Å². The molecule has 0 radical (unpaired) electrons. The number of ether oxygens (including phenoxy) is 1. The van der Waals surface area contributed by atoms with Crippen molar-refractivity contribution in [2.45, 2.75) is 25.0 Å². The highest BCUT2D eigenvalue weighted by molar-refractivity contribution is 5.15. The predicted molar refractivity (Wildman–Crippen MR) is 67.7 cm³/mol. The first-order valence-corrected chi connectivity index (χ1v) is 6.31. The summed E-state index contributed by atoms with van der Waals surface area (Å²) < 4.78 is 18.0. The lowest BCUT2D eigenvalue weighted by molar-refractivity contribution is -0.0777. The largest absolute Gasteiger partial charge is 0.388 e. The lowest BCUT2D eigenvalue weighted by Crippen LogP contribution is -2.45. The van der Waals surface area contributed by atoms with E-state index in [0.717, 1.165) is 5.56 Å². The average Bonchev–Trinajstić information content (AvgIpc) is 2.32. The zero-order valence-corrected chi connectivity index (χ0v) is 10.7. The zero-order valence-electron chi connectivity index (χ0n) is 10.7. The Morgan fingerprint density at radius 3 is 2.50 bits per heavy atom. The summed E-state index contributed by atoms with van der Waals surface area (Å²) >= 11 is 0. The zero-order chi connectivity index (χ0) is 13.0. The highest BCUT2D eigenvalue weighted by atomic mass is 19.1. The number of likely N-dealkylation sites (N-methyl/N-ethyl adjacent to an activating group) is 1. The Labute approximate surface area is 107 Å². The molecule has 0 spiro atoms. The standard InChI is InChI=1S/C14H20FNO2/c1-16(10-12-2-4-13(15)5-3-12)11-14(17)6-8-18-9-7-14/h2-5,17H,6-11H2,1H3. The molecule has 1 aromatic carbocycles. The number of hydrogen-bond donors (Lipinski definition) is 1. The average molecular weight is 253 g/mol. The Kier molecular flexibility index (Phi) is 4.32. The van der Waals surface area contributed by atoms with Crippen molar-refractivity contribution in [2.24, 2.45) is 0 Å². The number of aliphatic hydroxyl groups is 1. The fraction of sp³-hybridized carbons (Fsp3) is 0.571. The van der Waals surface area contributed by atoms with Gasteiger partial charge in [0.1, 0.15) is 5.82 Å². The van der Waals surface area contributed by atoms with Gasteiger partial charge in [0.25, 0.3) is 0 Å². The summed E-state index contributed by atoms with van der Waals surface area (Å²) in [5.41, 5.74) is 0.405. The van der Waals surface area contributed by atoms with Gasteiger partial charge in [-0.3, -0.25) is 4.90 Å². The van der Waals surface area contributed by atoms with E-state index in [-0.39, 0.29) is 5.82 Å². The van der Waals surface area contributed by atoms with Crippen molar-refractivity contribution in [3.05, 3.63) is 35.6 Å². The molecule has 18 heavy (non-hydrogen) atoms. The Morgan fingerprint density at radius 1 is 1.28 bits per heavy atom. The molecule has 1 aliphatic heterocycles. The second-order valence-electron chi connectivity index (χ2n) is 5.14. The highest BCUT2D eigenvalue weighted by Crippen LogP contribution is 2.21. The van der Waals surface area contributed by atoms with E-state index in [0.29, 0.717) is 39.1 Å². The summed E-state index contributed by atoms with van der Waals surface area (Å²) in [6, 6.07) is 6.48. The molecule has 2 rings (SSSR count). The lowest BCUT2D eigenvalue weighted by atomic mass is 9.94. The van der Waals surface area contributed by atoms with Crippen LogP contribution in [0, 0.1) is 5.82 Å². The van der Waals surface area contributed by atoms with Gasteiger partial charge in [-0.2, -0.15) is 0 Å². The Balaban J connectivity index is 1.87. The number of nitrogens with zero attached hydrogens (tertiary/aromatic N) is 1. The second kappa shape index (κ2) is 5.78. The molecule has 4 heteroatoms. The molecule has 1 N–H and O–H groups in total. The maximum absolute atomic E-state index is 12.8. The summed E-state index contributed by atoms with van der Waals surface area (Å²) in [5.74, 6) is -0.218. The van der Waals surface area contributed by atoms with Gasteiger partial charge in [0.05, 0.1) is 5.60 Å². The van der Waals surface area contributed by atoms with Gasteiger partial charge < -0.3 is 9.84 Å². The minimum absolute atomic E-state index is 0.218. The van der Waals surface area contributed by atoms with Gasteiger partial charge >= 0.3 is 0 Å². The van der Waals surface area contributed by atoms with Crippen molar-refractivity contribution < 1.29 is 14.2 Å². The van der Waals surface area contributed by atoms with Crippen molar-refractivity contribution in [1.82, 2.24) is 4.90 Å². The maximum Gasteiger partial charge on any atom is 0.123 e. The molecular weight excluding hydrogens is 233 g/mol. The van der Waals surface area contributed by atoms with E-state index >= 15 is 0 Å². The third-order valence-corrected chi connectivity index (χ3v) is 3.35. The van der Waals surface area contributed by atoms with Crippen LogP contribution in [0.1, 0.15) is 18.4 Å². The van der Waals surface area contributed by atoms with E-state index in [1.807, 2.05) is 7.05 Å². The normalized spacial score (nSPS) is 19.1. The molecule has 0 unspecified atom stereocenters. The Bertz CT molecular complexity index is 374. The van der Waals surface area contributed by atoms with Crippen LogP contribution in [0.2, 0.25) is 0 Å². The summed E-state index contributed by atoms with van der Waals surface area (Å²) in [7, 11) is 1.97. The fourth-order valence-electron chi connectivity index (χ4n) is 2.37. The SMILES string of the molecule is CN(Cc1ccc(F)cc1)CC1(O)CCOCC1. The second-order valence-corrected chi connectivity index (χ2v) is 5.14. The van der Waals surface area contributed by atoms with Crippen LogP contribution in [0.3, 0.4) is 0 Å². The molecule has 0 aliphatic carbocycles. The van der Waals surface area contributed by atoms with E-state index in [9.17, 15) is 9.50 Å². The molecular formula is C14H20FNO2. The molecule has 0 amide bonds. The van der Waals surface area contributed by atoms with Crippen LogP contribution in [-0.4, -0.2) is 42.4 Å². The maximum atomic E-state index is 12.8. The van der Waals surface area contributed by atoms with E-state index in [1.54, 1.807) is 12.1 Å². The molecule has 0 aromatic heterocycles. The topological polar surface area (TPSA) is 32.7 Å². The van der Waals surface area contributed by atoms with E-state index < -0.39 is 5.60 Å². The van der Waals surface area contributed by atoms with Gasteiger partial charge in [-0.25, -0.2) is 4.39 Å². The van der Waals surface area contributed by atoms with Crippen LogP contribution in [0.5, 0.6) is 0 Å².